The number of aromatic nitrogens is 4. The van der Waals surface area contributed by atoms with Crippen LogP contribution in [-0.2, 0) is 19.3 Å². The zero-order chi connectivity index (χ0) is 17.0. The van der Waals surface area contributed by atoms with Crippen LogP contribution in [0, 0.1) is 0 Å². The van der Waals surface area contributed by atoms with Crippen molar-refractivity contribution in [1.82, 2.24) is 19.2 Å². The normalized spacial score (nSPS) is 14.3. The molecule has 0 saturated heterocycles. The van der Waals surface area contributed by atoms with Gasteiger partial charge in [0.05, 0.1) is 11.1 Å². The van der Waals surface area contributed by atoms with Crippen molar-refractivity contribution in [3.63, 3.8) is 0 Å². The summed E-state index contributed by atoms with van der Waals surface area (Å²) >= 11 is 1.68. The van der Waals surface area contributed by atoms with E-state index in [-0.39, 0.29) is 5.56 Å². The predicted molar refractivity (Wildman–Crippen MR) is 100.0 cm³/mol. The third kappa shape index (κ3) is 2.10. The van der Waals surface area contributed by atoms with Crippen molar-refractivity contribution in [3.05, 3.63) is 57.0 Å². The zero-order valence-electron chi connectivity index (χ0n) is 14.0. The quantitative estimate of drug-likeness (QED) is 0.556. The Kier molecular flexibility index (Phi) is 3.28. The first-order chi connectivity index (χ1) is 12.3. The fourth-order valence-electron chi connectivity index (χ4n) is 3.77. The number of hydrogen-bond acceptors (Lipinski definition) is 4. The maximum Gasteiger partial charge on any atom is 0.284 e. The van der Waals surface area contributed by atoms with Crippen LogP contribution in [0.1, 0.15) is 36.0 Å². The van der Waals surface area contributed by atoms with Crippen LogP contribution >= 0.6 is 11.3 Å². The Morgan fingerprint density at radius 1 is 1.16 bits per heavy atom. The van der Waals surface area contributed by atoms with E-state index in [1.54, 1.807) is 11.3 Å². The van der Waals surface area contributed by atoms with E-state index in [4.69, 9.17) is 4.98 Å². The van der Waals surface area contributed by atoms with Gasteiger partial charge in [0, 0.05) is 11.3 Å². The van der Waals surface area contributed by atoms with E-state index in [9.17, 15) is 4.79 Å². The van der Waals surface area contributed by atoms with Crippen molar-refractivity contribution in [2.75, 3.05) is 0 Å². The van der Waals surface area contributed by atoms with Gasteiger partial charge in [0.2, 0.25) is 5.78 Å². The Morgan fingerprint density at radius 3 is 2.76 bits per heavy atom. The topological polar surface area (TPSA) is 52.2 Å². The lowest BCUT2D eigenvalue weighted by atomic mass is 9.97. The third-order valence-electron chi connectivity index (χ3n) is 4.95. The monoisotopic (exact) mass is 350 g/mol. The fourth-order valence-corrected chi connectivity index (χ4v) is 5.01. The molecule has 6 heteroatoms. The second kappa shape index (κ2) is 5.52. The average Bonchev–Trinajstić information content (AvgIpc) is 3.21. The molecule has 0 amide bonds. The number of aryl methyl sites for hydroxylation is 3. The highest BCUT2D eigenvalue weighted by Gasteiger charge is 2.23. The molecule has 3 heterocycles. The van der Waals surface area contributed by atoms with Crippen molar-refractivity contribution in [2.24, 2.45) is 0 Å². The molecule has 0 radical (unpaired) electrons. The van der Waals surface area contributed by atoms with Gasteiger partial charge < -0.3 is 0 Å². The molecule has 126 valence electrons. The largest absolute Gasteiger partial charge is 0.284 e. The number of fused-ring (bicyclic) bond motifs is 4. The van der Waals surface area contributed by atoms with Crippen LogP contribution in [0.15, 0.2) is 35.1 Å². The van der Waals surface area contributed by atoms with Crippen molar-refractivity contribution >= 4 is 27.3 Å². The van der Waals surface area contributed by atoms with E-state index >= 15 is 0 Å². The van der Waals surface area contributed by atoms with E-state index in [2.05, 4.69) is 12.0 Å². The minimum absolute atomic E-state index is 0.0243. The number of rotatable bonds is 2. The van der Waals surface area contributed by atoms with Crippen LogP contribution in [0.4, 0.5) is 0 Å². The Balaban J connectivity index is 1.90. The molecule has 1 aromatic carbocycles. The summed E-state index contributed by atoms with van der Waals surface area (Å²) in [6.45, 7) is 2.05. The third-order valence-corrected chi connectivity index (χ3v) is 6.14. The lowest BCUT2D eigenvalue weighted by Gasteiger charge is -2.09. The molecule has 0 saturated carbocycles. The predicted octanol–water partition coefficient (Wildman–Crippen LogP) is 3.54. The molecule has 1 aliphatic rings. The molecule has 0 spiro atoms. The second-order valence-corrected chi connectivity index (χ2v) is 7.54. The number of nitrogens with zero attached hydrogens (tertiary/aromatic N) is 4. The van der Waals surface area contributed by atoms with Crippen LogP contribution in [0.3, 0.4) is 0 Å². The molecule has 0 fully saturated rings. The summed E-state index contributed by atoms with van der Waals surface area (Å²) < 4.78 is 3.50. The lowest BCUT2D eigenvalue weighted by Crippen LogP contribution is -2.17. The highest BCUT2D eigenvalue weighted by molar-refractivity contribution is 7.18. The van der Waals surface area contributed by atoms with Gasteiger partial charge in [-0.25, -0.2) is 4.98 Å². The highest BCUT2D eigenvalue weighted by Crippen LogP contribution is 2.34. The van der Waals surface area contributed by atoms with E-state index in [1.165, 1.54) is 21.4 Å². The fraction of sp³-hybridized carbons (Fsp3) is 0.316. The summed E-state index contributed by atoms with van der Waals surface area (Å²) in [4.78, 5) is 20.3. The molecule has 25 heavy (non-hydrogen) atoms. The molecule has 0 N–H and O–H groups in total. The molecular weight excluding hydrogens is 332 g/mol. The molecule has 0 aliphatic heterocycles. The van der Waals surface area contributed by atoms with Crippen LogP contribution in [0.25, 0.3) is 21.7 Å². The van der Waals surface area contributed by atoms with Gasteiger partial charge in [0.15, 0.2) is 0 Å². The van der Waals surface area contributed by atoms with Crippen LogP contribution in [-0.4, -0.2) is 19.2 Å². The van der Waals surface area contributed by atoms with Crippen LogP contribution < -0.4 is 5.56 Å². The number of para-hydroxylation sites is 1. The molecule has 0 bridgehead atoms. The molecule has 3 aromatic heterocycles. The SMILES string of the molecule is CCc1nn2c(=O)c3c4c(sc3nc2n1-c1ccccc1)CCCC4. The minimum atomic E-state index is -0.0243. The smallest absolute Gasteiger partial charge is 0.266 e. The van der Waals surface area contributed by atoms with E-state index < -0.39 is 0 Å². The van der Waals surface area contributed by atoms with Gasteiger partial charge in [-0.15, -0.1) is 16.4 Å². The Morgan fingerprint density at radius 2 is 1.96 bits per heavy atom. The van der Waals surface area contributed by atoms with E-state index in [1.807, 2.05) is 34.9 Å². The summed E-state index contributed by atoms with van der Waals surface area (Å²) in [5, 5.41) is 5.38. The summed E-state index contributed by atoms with van der Waals surface area (Å²) in [6, 6.07) is 10.0. The molecule has 0 atom stereocenters. The molecular formula is C19H18N4OS. The number of thiophene rings is 1. The minimum Gasteiger partial charge on any atom is -0.266 e. The Bertz CT molecular complexity index is 1150. The average molecular weight is 350 g/mol. The Labute approximate surface area is 148 Å². The van der Waals surface area contributed by atoms with Crippen molar-refractivity contribution in [3.8, 4) is 5.69 Å². The molecule has 4 aromatic rings. The van der Waals surface area contributed by atoms with Crippen LogP contribution in [0.2, 0.25) is 0 Å². The summed E-state index contributed by atoms with van der Waals surface area (Å²) in [5.74, 6) is 1.46. The molecule has 0 unspecified atom stereocenters. The first kappa shape index (κ1) is 14.8. The zero-order valence-corrected chi connectivity index (χ0v) is 14.8. The maximum atomic E-state index is 13.2. The summed E-state index contributed by atoms with van der Waals surface area (Å²) in [6.07, 6.45) is 5.15. The van der Waals surface area contributed by atoms with Gasteiger partial charge in [0.25, 0.3) is 5.56 Å². The first-order valence-electron chi connectivity index (χ1n) is 8.78. The van der Waals surface area contributed by atoms with Gasteiger partial charge in [-0.05, 0) is 43.4 Å². The van der Waals surface area contributed by atoms with Crippen molar-refractivity contribution < 1.29 is 0 Å². The maximum absolute atomic E-state index is 13.2. The van der Waals surface area contributed by atoms with Gasteiger partial charge >= 0.3 is 0 Å². The summed E-state index contributed by atoms with van der Waals surface area (Å²) in [5.41, 5.74) is 2.18. The lowest BCUT2D eigenvalue weighted by molar-refractivity contribution is 0.699. The van der Waals surface area contributed by atoms with Crippen LogP contribution in [0.5, 0.6) is 0 Å². The molecule has 1 aliphatic carbocycles. The molecule has 5 nitrogen and oxygen atoms in total. The first-order valence-corrected chi connectivity index (χ1v) is 9.60. The number of benzene rings is 1. The Hall–Kier alpha value is -2.47. The van der Waals surface area contributed by atoms with Gasteiger partial charge in [-0.1, -0.05) is 25.1 Å². The van der Waals surface area contributed by atoms with E-state index in [0.717, 1.165) is 47.4 Å². The van der Waals surface area contributed by atoms with Crippen molar-refractivity contribution in [2.45, 2.75) is 39.0 Å². The molecule has 5 rings (SSSR count). The standard InChI is InChI=1S/C19H18N4OS/c1-2-15-21-23-18(24)16-13-10-6-7-11-14(13)25-17(16)20-19(23)22(15)12-8-4-3-5-9-12/h3-5,8-9H,2,6-7,10-11H2,1H3. The van der Waals surface area contributed by atoms with Crippen molar-refractivity contribution in [1.29, 1.82) is 0 Å². The number of hydrogen-bond donors (Lipinski definition) is 0. The highest BCUT2D eigenvalue weighted by atomic mass is 32.1. The summed E-state index contributed by atoms with van der Waals surface area (Å²) in [7, 11) is 0. The van der Waals surface area contributed by atoms with Gasteiger partial charge in [-0.3, -0.25) is 9.36 Å². The van der Waals surface area contributed by atoms with E-state index in [0.29, 0.717) is 5.78 Å². The van der Waals surface area contributed by atoms with Gasteiger partial charge in [0.1, 0.15) is 10.7 Å². The van der Waals surface area contributed by atoms with Gasteiger partial charge in [-0.2, -0.15) is 4.52 Å². The second-order valence-electron chi connectivity index (χ2n) is 6.46.